The van der Waals surface area contributed by atoms with Crippen molar-refractivity contribution in [3.8, 4) is 22.8 Å². The Balaban J connectivity index is 1.43. The SMILES string of the molecule is CCCCCCC(=O)N1CCN(C(=O)CSc2nnc(-c3ccc(C)cc3)n2-c2ccc(OC)cc2)CC1C. The van der Waals surface area contributed by atoms with E-state index in [2.05, 4.69) is 36.2 Å². The molecular formula is C30H39N5O3S. The van der Waals surface area contributed by atoms with Gasteiger partial charge >= 0.3 is 0 Å². The molecule has 0 radical (unpaired) electrons. The highest BCUT2D eigenvalue weighted by atomic mass is 32.2. The number of methoxy groups -OCH3 is 1. The van der Waals surface area contributed by atoms with E-state index < -0.39 is 0 Å². The summed E-state index contributed by atoms with van der Waals surface area (Å²) in [5.74, 6) is 1.98. The third-order valence-electron chi connectivity index (χ3n) is 7.14. The van der Waals surface area contributed by atoms with E-state index in [0.29, 0.717) is 31.2 Å². The Bertz CT molecular complexity index is 1240. The third kappa shape index (κ3) is 7.20. The first-order valence-electron chi connectivity index (χ1n) is 13.8. The van der Waals surface area contributed by atoms with Crippen LogP contribution >= 0.6 is 11.8 Å². The molecule has 1 aliphatic rings. The van der Waals surface area contributed by atoms with E-state index in [0.717, 1.165) is 42.1 Å². The van der Waals surface area contributed by atoms with Crippen molar-refractivity contribution < 1.29 is 14.3 Å². The summed E-state index contributed by atoms with van der Waals surface area (Å²) in [7, 11) is 1.64. The summed E-state index contributed by atoms with van der Waals surface area (Å²) in [6.07, 6.45) is 4.96. The van der Waals surface area contributed by atoms with E-state index in [1.54, 1.807) is 7.11 Å². The number of amides is 2. The van der Waals surface area contributed by atoms with Gasteiger partial charge in [-0.25, -0.2) is 0 Å². The minimum atomic E-state index is 0.0162. The van der Waals surface area contributed by atoms with Gasteiger partial charge < -0.3 is 14.5 Å². The molecule has 1 atom stereocenters. The minimum Gasteiger partial charge on any atom is -0.497 e. The number of piperazine rings is 1. The lowest BCUT2D eigenvalue weighted by Gasteiger charge is -2.40. The fourth-order valence-corrected chi connectivity index (χ4v) is 5.69. The van der Waals surface area contributed by atoms with Crippen molar-refractivity contribution in [2.24, 2.45) is 0 Å². The highest BCUT2D eigenvalue weighted by Gasteiger charge is 2.29. The van der Waals surface area contributed by atoms with Crippen molar-refractivity contribution in [1.82, 2.24) is 24.6 Å². The Morgan fingerprint density at radius 1 is 0.974 bits per heavy atom. The highest BCUT2D eigenvalue weighted by molar-refractivity contribution is 7.99. The van der Waals surface area contributed by atoms with Crippen molar-refractivity contribution >= 4 is 23.6 Å². The molecule has 208 valence electrons. The zero-order valence-electron chi connectivity index (χ0n) is 23.4. The average molecular weight is 550 g/mol. The van der Waals surface area contributed by atoms with Gasteiger partial charge in [0.2, 0.25) is 11.8 Å². The number of hydrogen-bond acceptors (Lipinski definition) is 6. The molecule has 1 saturated heterocycles. The topological polar surface area (TPSA) is 80.6 Å². The number of thioether (sulfide) groups is 1. The van der Waals surface area contributed by atoms with Crippen molar-refractivity contribution in [3.05, 3.63) is 54.1 Å². The molecule has 0 spiro atoms. The molecule has 0 saturated carbocycles. The number of rotatable bonds is 11. The first-order chi connectivity index (χ1) is 18.9. The second-order valence-corrected chi connectivity index (χ2v) is 11.0. The van der Waals surface area contributed by atoms with Crippen LogP contribution in [0.25, 0.3) is 17.1 Å². The first-order valence-corrected chi connectivity index (χ1v) is 14.8. The summed E-state index contributed by atoms with van der Waals surface area (Å²) >= 11 is 1.38. The number of hydrogen-bond donors (Lipinski definition) is 0. The van der Waals surface area contributed by atoms with Crippen LogP contribution in [0.3, 0.4) is 0 Å². The molecule has 9 heteroatoms. The Labute approximate surface area is 235 Å². The van der Waals surface area contributed by atoms with Crippen LogP contribution < -0.4 is 4.74 Å². The van der Waals surface area contributed by atoms with Crippen molar-refractivity contribution in [1.29, 1.82) is 0 Å². The molecule has 0 aliphatic carbocycles. The van der Waals surface area contributed by atoms with Crippen LogP contribution in [0.1, 0.15) is 51.5 Å². The highest BCUT2D eigenvalue weighted by Crippen LogP contribution is 2.29. The molecule has 0 bridgehead atoms. The number of aromatic nitrogens is 3. The standard InChI is InChI=1S/C30H39N5O3S/c1-5-6-7-8-9-27(36)34-19-18-33(20-23(34)3)28(37)21-39-30-32-31-29(24-12-10-22(2)11-13-24)35(30)25-14-16-26(38-4)17-15-25/h10-17,23H,5-9,18-21H2,1-4H3. The average Bonchev–Trinajstić information content (AvgIpc) is 3.38. The summed E-state index contributed by atoms with van der Waals surface area (Å²) in [6.45, 7) is 7.96. The maximum atomic E-state index is 13.2. The fraction of sp³-hybridized carbons (Fsp3) is 0.467. The number of benzene rings is 2. The van der Waals surface area contributed by atoms with E-state index in [9.17, 15) is 9.59 Å². The lowest BCUT2D eigenvalue weighted by molar-refractivity contribution is -0.141. The van der Waals surface area contributed by atoms with E-state index in [-0.39, 0.29) is 23.6 Å². The van der Waals surface area contributed by atoms with Crippen LogP contribution in [0.2, 0.25) is 0 Å². The number of carbonyl (C=O) groups excluding carboxylic acids is 2. The van der Waals surface area contributed by atoms with Crippen LogP contribution in [0.15, 0.2) is 53.7 Å². The third-order valence-corrected chi connectivity index (χ3v) is 8.06. The Morgan fingerprint density at radius 2 is 1.72 bits per heavy atom. The molecule has 4 rings (SSSR count). The van der Waals surface area contributed by atoms with E-state index >= 15 is 0 Å². The molecule has 1 fully saturated rings. The van der Waals surface area contributed by atoms with Crippen LogP contribution in [0.5, 0.6) is 5.75 Å². The number of nitrogens with zero attached hydrogens (tertiary/aromatic N) is 5. The first kappa shape index (κ1) is 28.7. The zero-order valence-corrected chi connectivity index (χ0v) is 24.2. The van der Waals surface area contributed by atoms with Gasteiger partial charge in [0.05, 0.1) is 12.9 Å². The van der Waals surface area contributed by atoms with E-state index in [1.165, 1.54) is 23.7 Å². The van der Waals surface area contributed by atoms with Crippen molar-refractivity contribution in [3.63, 3.8) is 0 Å². The molecule has 1 unspecified atom stereocenters. The Hall–Kier alpha value is -3.33. The largest absolute Gasteiger partial charge is 0.497 e. The van der Waals surface area contributed by atoms with Gasteiger partial charge in [-0.15, -0.1) is 10.2 Å². The van der Waals surface area contributed by atoms with Crippen molar-refractivity contribution in [2.45, 2.75) is 64.1 Å². The quantitative estimate of drug-likeness (QED) is 0.236. The molecule has 2 aromatic carbocycles. The van der Waals surface area contributed by atoms with Crippen LogP contribution in [0.4, 0.5) is 0 Å². The van der Waals surface area contributed by atoms with E-state index in [4.69, 9.17) is 4.74 Å². The number of carbonyl (C=O) groups is 2. The second-order valence-electron chi connectivity index (χ2n) is 10.1. The molecule has 0 N–H and O–H groups in total. The zero-order chi connectivity index (χ0) is 27.8. The fourth-order valence-electron chi connectivity index (χ4n) is 4.84. The van der Waals surface area contributed by atoms with Gasteiger partial charge in [0, 0.05) is 43.3 Å². The van der Waals surface area contributed by atoms with Gasteiger partial charge in [-0.2, -0.15) is 0 Å². The van der Waals surface area contributed by atoms with Gasteiger partial charge in [-0.3, -0.25) is 14.2 Å². The minimum absolute atomic E-state index is 0.0162. The van der Waals surface area contributed by atoms with Gasteiger partial charge in [0.15, 0.2) is 11.0 Å². The Kier molecular flexibility index (Phi) is 10.0. The van der Waals surface area contributed by atoms with Crippen LogP contribution in [-0.4, -0.2) is 74.9 Å². The maximum absolute atomic E-state index is 13.2. The monoisotopic (exact) mass is 549 g/mol. The van der Waals surface area contributed by atoms with Crippen LogP contribution in [-0.2, 0) is 9.59 Å². The summed E-state index contributed by atoms with van der Waals surface area (Å²) in [6, 6.07) is 15.9. The molecule has 3 aromatic rings. The van der Waals surface area contributed by atoms with Gasteiger partial charge in [-0.1, -0.05) is 67.8 Å². The molecular weight excluding hydrogens is 510 g/mol. The molecule has 2 heterocycles. The molecule has 8 nitrogen and oxygen atoms in total. The molecule has 39 heavy (non-hydrogen) atoms. The lowest BCUT2D eigenvalue weighted by atomic mass is 10.1. The summed E-state index contributed by atoms with van der Waals surface area (Å²) in [4.78, 5) is 29.7. The smallest absolute Gasteiger partial charge is 0.233 e. The summed E-state index contributed by atoms with van der Waals surface area (Å²) in [5.41, 5.74) is 3.01. The predicted octanol–water partition coefficient (Wildman–Crippen LogP) is 5.37. The van der Waals surface area contributed by atoms with Crippen LogP contribution in [0, 0.1) is 6.92 Å². The maximum Gasteiger partial charge on any atom is 0.233 e. The molecule has 1 aliphatic heterocycles. The van der Waals surface area contributed by atoms with Crippen molar-refractivity contribution in [2.75, 3.05) is 32.5 Å². The second kappa shape index (κ2) is 13.6. The number of aryl methyl sites for hydroxylation is 1. The molecule has 2 amide bonds. The normalized spacial score (nSPS) is 15.4. The van der Waals surface area contributed by atoms with Gasteiger partial charge in [0.25, 0.3) is 0 Å². The van der Waals surface area contributed by atoms with E-state index in [1.807, 2.05) is 57.7 Å². The van der Waals surface area contributed by atoms with Gasteiger partial charge in [0.1, 0.15) is 5.75 Å². The summed E-state index contributed by atoms with van der Waals surface area (Å²) < 4.78 is 7.32. The predicted molar refractivity (Wildman–Crippen MR) is 155 cm³/mol. The van der Waals surface area contributed by atoms with Gasteiger partial charge in [-0.05, 0) is 44.5 Å². The lowest BCUT2D eigenvalue weighted by Crippen LogP contribution is -2.55. The Morgan fingerprint density at radius 3 is 2.38 bits per heavy atom. The number of unbranched alkanes of at least 4 members (excludes halogenated alkanes) is 3. The number of ether oxygens (including phenoxy) is 1. The molecule has 1 aromatic heterocycles. The summed E-state index contributed by atoms with van der Waals surface area (Å²) in [5, 5.41) is 9.61.